The third kappa shape index (κ3) is 2.48. The van der Waals surface area contributed by atoms with E-state index in [2.05, 4.69) is 27.7 Å². The summed E-state index contributed by atoms with van der Waals surface area (Å²) < 4.78 is 0. The molecular formula is C20H34. The highest BCUT2D eigenvalue weighted by Gasteiger charge is 2.46. The molecule has 0 aliphatic heterocycles. The van der Waals surface area contributed by atoms with Gasteiger partial charge in [0.25, 0.3) is 0 Å². The first-order valence-corrected chi connectivity index (χ1v) is 9.23. The van der Waals surface area contributed by atoms with E-state index >= 15 is 0 Å². The zero-order chi connectivity index (χ0) is 14.3. The van der Waals surface area contributed by atoms with Crippen LogP contribution in [0, 0.1) is 29.1 Å². The highest BCUT2D eigenvalue weighted by molar-refractivity contribution is 5.26. The van der Waals surface area contributed by atoms with Crippen LogP contribution in [-0.2, 0) is 0 Å². The van der Waals surface area contributed by atoms with Crippen LogP contribution in [0.15, 0.2) is 11.1 Å². The molecule has 0 aromatic rings. The first-order valence-electron chi connectivity index (χ1n) is 9.23. The molecule has 3 rings (SSSR count). The van der Waals surface area contributed by atoms with Crippen molar-refractivity contribution in [2.24, 2.45) is 29.1 Å². The first kappa shape index (κ1) is 14.7. The Morgan fingerprint density at radius 1 is 1.10 bits per heavy atom. The van der Waals surface area contributed by atoms with Gasteiger partial charge >= 0.3 is 0 Å². The minimum absolute atomic E-state index is 0.594. The fourth-order valence-electron chi connectivity index (χ4n) is 5.82. The van der Waals surface area contributed by atoms with E-state index in [0.717, 1.165) is 23.7 Å². The molecule has 1 saturated carbocycles. The zero-order valence-electron chi connectivity index (χ0n) is 14.2. The van der Waals surface area contributed by atoms with Gasteiger partial charge in [-0.3, -0.25) is 0 Å². The lowest BCUT2D eigenvalue weighted by molar-refractivity contribution is 0.0216. The van der Waals surface area contributed by atoms with Crippen molar-refractivity contribution in [1.82, 2.24) is 0 Å². The fraction of sp³-hybridized carbons (Fsp3) is 0.900. The number of rotatable bonds is 2. The van der Waals surface area contributed by atoms with E-state index in [0.29, 0.717) is 5.41 Å². The molecule has 0 aromatic carbocycles. The van der Waals surface area contributed by atoms with Crippen molar-refractivity contribution >= 4 is 0 Å². The van der Waals surface area contributed by atoms with Crippen molar-refractivity contribution in [2.45, 2.75) is 85.5 Å². The van der Waals surface area contributed by atoms with E-state index in [9.17, 15) is 0 Å². The van der Waals surface area contributed by atoms with Crippen LogP contribution in [0.3, 0.4) is 0 Å². The predicted octanol–water partition coefficient (Wildman–Crippen LogP) is 6.37. The third-order valence-electron chi connectivity index (χ3n) is 6.92. The van der Waals surface area contributed by atoms with Crippen molar-refractivity contribution < 1.29 is 0 Å². The van der Waals surface area contributed by atoms with E-state index < -0.39 is 0 Å². The number of fused-ring (bicyclic) bond motifs is 2. The molecule has 0 nitrogen and oxygen atoms in total. The van der Waals surface area contributed by atoms with E-state index in [1.165, 1.54) is 57.8 Å². The molecule has 0 aromatic heterocycles. The zero-order valence-corrected chi connectivity index (χ0v) is 14.2. The minimum Gasteiger partial charge on any atom is -0.0704 e. The average Bonchev–Trinajstić information content (AvgIpc) is 2.41. The Morgan fingerprint density at radius 2 is 1.90 bits per heavy atom. The van der Waals surface area contributed by atoms with Crippen molar-refractivity contribution in [3.05, 3.63) is 11.1 Å². The lowest BCUT2D eigenvalue weighted by atomic mass is 9.53. The van der Waals surface area contributed by atoms with Gasteiger partial charge in [0.1, 0.15) is 0 Å². The van der Waals surface area contributed by atoms with Crippen LogP contribution in [-0.4, -0.2) is 0 Å². The van der Waals surface area contributed by atoms with Gasteiger partial charge in [-0.2, -0.15) is 0 Å². The third-order valence-corrected chi connectivity index (χ3v) is 6.92. The summed E-state index contributed by atoms with van der Waals surface area (Å²) in [6.07, 6.45) is 13.1. The second kappa shape index (κ2) is 5.50. The maximum Gasteiger partial charge on any atom is -0.0169 e. The summed E-state index contributed by atoms with van der Waals surface area (Å²) in [7, 11) is 0. The minimum atomic E-state index is 0.594. The van der Waals surface area contributed by atoms with Crippen molar-refractivity contribution in [3.63, 3.8) is 0 Å². The van der Waals surface area contributed by atoms with Gasteiger partial charge in [-0.15, -0.1) is 0 Å². The van der Waals surface area contributed by atoms with Gasteiger partial charge in [-0.25, -0.2) is 0 Å². The van der Waals surface area contributed by atoms with Crippen LogP contribution in [0.4, 0.5) is 0 Å². The summed E-state index contributed by atoms with van der Waals surface area (Å²) in [5.41, 5.74) is 4.45. The molecule has 3 aliphatic rings. The van der Waals surface area contributed by atoms with Crippen LogP contribution < -0.4 is 0 Å². The molecule has 0 amide bonds. The molecule has 1 fully saturated rings. The topological polar surface area (TPSA) is 0 Å². The van der Waals surface area contributed by atoms with Crippen molar-refractivity contribution in [1.29, 1.82) is 0 Å². The molecule has 20 heavy (non-hydrogen) atoms. The molecule has 0 saturated heterocycles. The van der Waals surface area contributed by atoms with Gasteiger partial charge in [0.2, 0.25) is 0 Å². The van der Waals surface area contributed by atoms with E-state index in [1.54, 1.807) is 0 Å². The second-order valence-corrected chi connectivity index (χ2v) is 8.71. The Morgan fingerprint density at radius 3 is 2.65 bits per heavy atom. The summed E-state index contributed by atoms with van der Waals surface area (Å²) in [5, 5.41) is 0. The molecule has 114 valence electrons. The van der Waals surface area contributed by atoms with Crippen molar-refractivity contribution in [2.75, 3.05) is 0 Å². The maximum atomic E-state index is 2.55. The average molecular weight is 274 g/mol. The van der Waals surface area contributed by atoms with Crippen LogP contribution in [0.25, 0.3) is 0 Å². The van der Waals surface area contributed by atoms with Crippen LogP contribution >= 0.6 is 0 Å². The van der Waals surface area contributed by atoms with Gasteiger partial charge in [-0.1, -0.05) is 45.3 Å². The van der Waals surface area contributed by atoms with Gasteiger partial charge in [0, 0.05) is 0 Å². The molecule has 0 heteroatoms. The lowest BCUT2D eigenvalue weighted by Crippen LogP contribution is -2.42. The van der Waals surface area contributed by atoms with E-state index in [-0.39, 0.29) is 0 Å². The second-order valence-electron chi connectivity index (χ2n) is 8.71. The molecule has 4 atom stereocenters. The number of allylic oxidation sites excluding steroid dienone is 2. The number of hydrogen-bond donors (Lipinski definition) is 0. The van der Waals surface area contributed by atoms with Gasteiger partial charge in [0.05, 0.1) is 0 Å². The summed E-state index contributed by atoms with van der Waals surface area (Å²) in [6, 6.07) is 0. The first-order chi connectivity index (χ1) is 9.53. The quantitative estimate of drug-likeness (QED) is 0.513. The molecule has 0 bridgehead atoms. The highest BCUT2D eigenvalue weighted by atomic mass is 14.5. The molecule has 4 unspecified atom stereocenters. The maximum absolute atomic E-state index is 2.55. The SMILES string of the molecule is CCCC1C2CCC3=C(CCC(C)C3)C2CCC1(C)C. The lowest BCUT2D eigenvalue weighted by Gasteiger charge is -2.52. The van der Waals surface area contributed by atoms with Gasteiger partial charge < -0.3 is 0 Å². The molecular weight excluding hydrogens is 240 g/mol. The largest absolute Gasteiger partial charge is 0.0704 e. The molecule has 0 N–H and O–H groups in total. The summed E-state index contributed by atoms with van der Waals surface area (Å²) in [5.74, 6) is 3.94. The summed E-state index contributed by atoms with van der Waals surface area (Å²) >= 11 is 0. The Kier molecular flexibility index (Phi) is 4.04. The Labute approximate surface area is 126 Å². The summed E-state index contributed by atoms with van der Waals surface area (Å²) in [4.78, 5) is 0. The van der Waals surface area contributed by atoms with Gasteiger partial charge in [0.15, 0.2) is 0 Å². The Hall–Kier alpha value is -0.260. The Bertz CT molecular complexity index is 387. The van der Waals surface area contributed by atoms with Crippen LogP contribution in [0.2, 0.25) is 0 Å². The standard InChI is InChI=1S/C20H34/c1-5-6-19-18-10-8-15-13-14(2)7-9-16(15)17(18)11-12-20(19,3)4/h14,17-19H,5-13H2,1-4H3. The van der Waals surface area contributed by atoms with E-state index in [4.69, 9.17) is 0 Å². The van der Waals surface area contributed by atoms with E-state index in [1.807, 2.05) is 11.1 Å². The van der Waals surface area contributed by atoms with Crippen LogP contribution in [0.5, 0.6) is 0 Å². The normalized spacial score (nSPS) is 40.2. The molecule has 3 aliphatic carbocycles. The number of hydrogen-bond acceptors (Lipinski definition) is 0. The van der Waals surface area contributed by atoms with Crippen LogP contribution in [0.1, 0.15) is 85.5 Å². The molecule has 0 spiro atoms. The Balaban J connectivity index is 1.85. The fourth-order valence-corrected chi connectivity index (χ4v) is 5.82. The predicted molar refractivity (Wildman–Crippen MR) is 87.7 cm³/mol. The summed E-state index contributed by atoms with van der Waals surface area (Å²) in [6.45, 7) is 9.95. The van der Waals surface area contributed by atoms with Gasteiger partial charge in [-0.05, 0) is 80.5 Å². The monoisotopic (exact) mass is 274 g/mol. The van der Waals surface area contributed by atoms with Crippen molar-refractivity contribution in [3.8, 4) is 0 Å². The highest BCUT2D eigenvalue weighted by Crippen LogP contribution is 2.56. The molecule has 0 radical (unpaired) electrons. The smallest absolute Gasteiger partial charge is 0.0169 e. The molecule has 0 heterocycles.